The summed E-state index contributed by atoms with van der Waals surface area (Å²) >= 11 is 1.92. The van der Waals surface area contributed by atoms with Crippen LogP contribution in [0.4, 0.5) is 0 Å². The molecule has 0 aromatic heterocycles. The zero-order valence-corrected chi connectivity index (χ0v) is 14.3. The number of likely N-dealkylation sites (N-methyl/N-ethyl adjacent to an activating group) is 2. The third-order valence-corrected chi connectivity index (χ3v) is 6.35. The Hall–Kier alpha value is -0.260. The molecule has 2 heterocycles. The van der Waals surface area contributed by atoms with Gasteiger partial charge in [-0.3, -0.25) is 9.89 Å². The van der Waals surface area contributed by atoms with Crippen molar-refractivity contribution in [1.82, 2.24) is 15.1 Å². The predicted molar refractivity (Wildman–Crippen MR) is 89.7 cm³/mol. The maximum absolute atomic E-state index is 4.79. The normalized spacial score (nSPS) is 28.2. The molecule has 5 heteroatoms. The monoisotopic (exact) mass is 298 g/mol. The minimum atomic E-state index is 0.442. The summed E-state index contributed by atoms with van der Waals surface area (Å²) in [6, 6.07) is 0.598. The average Bonchev–Trinajstić information content (AvgIpc) is 2.49. The third kappa shape index (κ3) is 3.89. The zero-order valence-electron chi connectivity index (χ0n) is 13.5. The van der Waals surface area contributed by atoms with Crippen LogP contribution in [0.15, 0.2) is 4.99 Å². The fraction of sp³-hybridized carbons (Fsp3) is 0.933. The van der Waals surface area contributed by atoms with Gasteiger partial charge in [-0.15, -0.1) is 0 Å². The van der Waals surface area contributed by atoms with Crippen LogP contribution in [0, 0.1) is 5.41 Å². The molecule has 2 aliphatic heterocycles. The Morgan fingerprint density at radius 2 is 2.05 bits per heavy atom. The molecular formula is C15H30N4S. The van der Waals surface area contributed by atoms with Crippen molar-refractivity contribution in [2.45, 2.75) is 32.7 Å². The van der Waals surface area contributed by atoms with Crippen LogP contribution < -0.4 is 5.32 Å². The highest BCUT2D eigenvalue weighted by molar-refractivity contribution is 8.13. The molecule has 1 unspecified atom stereocenters. The molecule has 116 valence electrons. The summed E-state index contributed by atoms with van der Waals surface area (Å²) < 4.78 is 0. The van der Waals surface area contributed by atoms with Gasteiger partial charge in [-0.05, 0) is 32.4 Å². The molecule has 0 aromatic rings. The van der Waals surface area contributed by atoms with E-state index in [1.807, 2.05) is 11.8 Å². The molecule has 2 rings (SSSR count). The lowest BCUT2D eigenvalue weighted by atomic mass is 9.84. The fourth-order valence-electron chi connectivity index (χ4n) is 2.86. The van der Waals surface area contributed by atoms with Crippen molar-refractivity contribution in [3.63, 3.8) is 0 Å². The van der Waals surface area contributed by atoms with E-state index in [1.165, 1.54) is 25.1 Å². The van der Waals surface area contributed by atoms with E-state index >= 15 is 0 Å². The molecule has 1 fully saturated rings. The molecule has 4 nitrogen and oxygen atoms in total. The van der Waals surface area contributed by atoms with E-state index in [1.54, 1.807) is 0 Å². The van der Waals surface area contributed by atoms with Gasteiger partial charge in [0.1, 0.15) is 0 Å². The molecule has 20 heavy (non-hydrogen) atoms. The van der Waals surface area contributed by atoms with Crippen LogP contribution in [0.3, 0.4) is 0 Å². The molecule has 0 aromatic carbocycles. The van der Waals surface area contributed by atoms with Gasteiger partial charge in [-0.1, -0.05) is 25.6 Å². The topological polar surface area (TPSA) is 30.9 Å². The van der Waals surface area contributed by atoms with E-state index in [2.05, 4.69) is 43.1 Å². The number of piperazine rings is 1. The quantitative estimate of drug-likeness (QED) is 0.856. The summed E-state index contributed by atoms with van der Waals surface area (Å²) in [6.07, 6.45) is 2.48. The lowest BCUT2D eigenvalue weighted by Crippen LogP contribution is -2.54. The first-order valence-electron chi connectivity index (χ1n) is 7.88. The van der Waals surface area contributed by atoms with E-state index in [0.717, 1.165) is 31.3 Å². The first-order valence-corrected chi connectivity index (χ1v) is 8.87. The van der Waals surface area contributed by atoms with E-state index in [0.29, 0.717) is 11.5 Å². The molecule has 0 aliphatic carbocycles. The number of rotatable bonds is 4. The van der Waals surface area contributed by atoms with Crippen LogP contribution in [0.5, 0.6) is 0 Å². The van der Waals surface area contributed by atoms with Gasteiger partial charge in [0.25, 0.3) is 0 Å². The van der Waals surface area contributed by atoms with Gasteiger partial charge in [0.15, 0.2) is 5.17 Å². The second-order valence-corrected chi connectivity index (χ2v) is 7.36. The van der Waals surface area contributed by atoms with Gasteiger partial charge in [-0.25, -0.2) is 0 Å². The highest BCUT2D eigenvalue weighted by Crippen LogP contribution is 2.34. The van der Waals surface area contributed by atoms with Crippen molar-refractivity contribution >= 4 is 16.9 Å². The number of nitrogens with one attached hydrogen (secondary N) is 1. The molecule has 1 saturated heterocycles. The Balaban J connectivity index is 1.81. The molecule has 2 aliphatic rings. The first-order chi connectivity index (χ1) is 9.58. The molecule has 0 bridgehead atoms. The second kappa shape index (κ2) is 7.14. The molecule has 0 amide bonds. The first kappa shape index (κ1) is 16.1. The van der Waals surface area contributed by atoms with Crippen LogP contribution in [-0.4, -0.2) is 73.6 Å². The number of nitrogens with zero attached hydrogens (tertiary/aromatic N) is 3. The van der Waals surface area contributed by atoms with Crippen LogP contribution in [-0.2, 0) is 0 Å². The summed E-state index contributed by atoms with van der Waals surface area (Å²) in [6.45, 7) is 10.1. The predicted octanol–water partition coefficient (Wildman–Crippen LogP) is 1.73. The number of hydrogen-bond acceptors (Lipinski definition) is 5. The second-order valence-electron chi connectivity index (χ2n) is 6.39. The maximum atomic E-state index is 4.79. The Labute approximate surface area is 128 Å². The van der Waals surface area contributed by atoms with Crippen molar-refractivity contribution in [1.29, 1.82) is 0 Å². The Morgan fingerprint density at radius 3 is 2.65 bits per heavy atom. The Morgan fingerprint density at radius 1 is 1.30 bits per heavy atom. The van der Waals surface area contributed by atoms with Gasteiger partial charge < -0.3 is 10.2 Å². The number of aliphatic imine (C=N–C) groups is 1. The molecule has 1 atom stereocenters. The van der Waals surface area contributed by atoms with Crippen molar-refractivity contribution in [2.75, 3.05) is 52.6 Å². The zero-order chi connectivity index (χ0) is 14.6. The Kier molecular flexibility index (Phi) is 5.75. The summed E-state index contributed by atoms with van der Waals surface area (Å²) in [5, 5.41) is 4.73. The van der Waals surface area contributed by atoms with Crippen molar-refractivity contribution in [3.05, 3.63) is 0 Å². The van der Waals surface area contributed by atoms with Gasteiger partial charge >= 0.3 is 0 Å². The minimum Gasteiger partial charge on any atom is -0.363 e. The third-order valence-electron chi connectivity index (χ3n) is 5.04. The molecule has 0 spiro atoms. The molecular weight excluding hydrogens is 268 g/mol. The average molecular weight is 298 g/mol. The van der Waals surface area contributed by atoms with Crippen molar-refractivity contribution in [2.24, 2.45) is 10.4 Å². The van der Waals surface area contributed by atoms with Gasteiger partial charge in [0.05, 0.1) is 0 Å². The highest BCUT2D eigenvalue weighted by atomic mass is 32.2. The highest BCUT2D eigenvalue weighted by Gasteiger charge is 2.30. The minimum absolute atomic E-state index is 0.442. The van der Waals surface area contributed by atoms with Crippen LogP contribution in [0.2, 0.25) is 0 Å². The van der Waals surface area contributed by atoms with Crippen LogP contribution >= 0.6 is 11.8 Å². The summed E-state index contributed by atoms with van der Waals surface area (Å²) in [5.74, 6) is 1.21. The molecule has 0 radical (unpaired) electrons. The lowest BCUT2D eigenvalue weighted by Gasteiger charge is -2.38. The summed E-state index contributed by atoms with van der Waals surface area (Å²) in [5.41, 5.74) is 0.442. The maximum Gasteiger partial charge on any atom is 0.156 e. The SMILES string of the molecule is CCC1(CC)CN=C(NCC2CN(C)CCN2C)SC1. The van der Waals surface area contributed by atoms with E-state index in [9.17, 15) is 0 Å². The van der Waals surface area contributed by atoms with Crippen LogP contribution in [0.1, 0.15) is 26.7 Å². The van der Waals surface area contributed by atoms with Gasteiger partial charge in [-0.2, -0.15) is 0 Å². The summed E-state index contributed by atoms with van der Waals surface area (Å²) in [7, 11) is 4.44. The van der Waals surface area contributed by atoms with E-state index in [-0.39, 0.29) is 0 Å². The van der Waals surface area contributed by atoms with Gasteiger partial charge in [0.2, 0.25) is 0 Å². The van der Waals surface area contributed by atoms with E-state index in [4.69, 9.17) is 4.99 Å². The summed E-state index contributed by atoms with van der Waals surface area (Å²) in [4.78, 5) is 9.67. The fourth-order valence-corrected chi connectivity index (χ4v) is 4.15. The van der Waals surface area contributed by atoms with Crippen LogP contribution in [0.25, 0.3) is 0 Å². The van der Waals surface area contributed by atoms with Crippen molar-refractivity contribution < 1.29 is 0 Å². The number of hydrogen-bond donors (Lipinski definition) is 1. The van der Waals surface area contributed by atoms with Crippen molar-refractivity contribution in [3.8, 4) is 0 Å². The smallest absolute Gasteiger partial charge is 0.156 e. The Bertz CT molecular complexity index is 341. The number of amidine groups is 1. The molecule has 1 N–H and O–H groups in total. The lowest BCUT2D eigenvalue weighted by molar-refractivity contribution is 0.116. The standard InChI is InChI=1S/C15H30N4S/c1-5-15(6-2)11-17-14(20-12-15)16-9-13-10-18(3)7-8-19(13)4/h13H,5-12H2,1-4H3,(H,16,17). The largest absolute Gasteiger partial charge is 0.363 e. The van der Waals surface area contributed by atoms with E-state index < -0.39 is 0 Å². The van der Waals surface area contributed by atoms with Gasteiger partial charge in [0, 0.05) is 44.5 Å². The molecule has 0 saturated carbocycles. The number of thioether (sulfide) groups is 1.